The zero-order chi connectivity index (χ0) is 12.4. The van der Waals surface area contributed by atoms with E-state index >= 15 is 0 Å². The second-order valence-corrected chi connectivity index (χ2v) is 4.77. The lowest BCUT2D eigenvalue weighted by Crippen LogP contribution is -2.25. The molecule has 1 aliphatic rings. The molecule has 1 fully saturated rings. The van der Waals surface area contributed by atoms with E-state index in [1.165, 1.54) is 0 Å². The first-order valence-electron chi connectivity index (χ1n) is 6.16. The first-order chi connectivity index (χ1) is 8.13. The second-order valence-electron chi connectivity index (χ2n) is 4.77. The van der Waals surface area contributed by atoms with Gasteiger partial charge in [0, 0.05) is 6.61 Å². The number of rotatable bonds is 3. The lowest BCUT2D eigenvalue weighted by molar-refractivity contribution is 0.0900. The van der Waals surface area contributed by atoms with Crippen molar-refractivity contribution < 1.29 is 9.47 Å². The van der Waals surface area contributed by atoms with Gasteiger partial charge in [0.15, 0.2) is 0 Å². The minimum atomic E-state index is -0.0270. The van der Waals surface area contributed by atoms with Crippen LogP contribution in [-0.4, -0.2) is 19.8 Å². The van der Waals surface area contributed by atoms with Gasteiger partial charge in [-0.3, -0.25) is 0 Å². The molecule has 2 unspecified atom stereocenters. The molecule has 0 radical (unpaired) electrons. The summed E-state index contributed by atoms with van der Waals surface area (Å²) in [7, 11) is 1.70. The summed E-state index contributed by atoms with van der Waals surface area (Å²) >= 11 is 0. The molecule has 3 nitrogen and oxygen atoms in total. The van der Waals surface area contributed by atoms with Gasteiger partial charge in [0.05, 0.1) is 19.3 Å². The maximum absolute atomic E-state index is 6.26. The highest BCUT2D eigenvalue weighted by Gasteiger charge is 2.24. The van der Waals surface area contributed by atoms with Gasteiger partial charge in [0.2, 0.25) is 0 Å². The third kappa shape index (κ3) is 2.45. The standard InChI is InChI=1S/C14H21NO2/c1-9-7-11(8-10(2)14(9)16-3)13(15)12-5-4-6-17-12/h7-8,12-13H,4-6,15H2,1-3H3. The fraction of sp³-hybridized carbons (Fsp3) is 0.571. The lowest BCUT2D eigenvalue weighted by Gasteiger charge is -2.21. The number of benzene rings is 1. The van der Waals surface area contributed by atoms with Gasteiger partial charge < -0.3 is 15.2 Å². The van der Waals surface area contributed by atoms with Crippen molar-refractivity contribution in [2.24, 2.45) is 5.73 Å². The maximum Gasteiger partial charge on any atom is 0.124 e. The highest BCUT2D eigenvalue weighted by Crippen LogP contribution is 2.30. The SMILES string of the molecule is COc1c(C)cc(C(N)C2CCCO2)cc1C. The third-order valence-corrected chi connectivity index (χ3v) is 3.44. The fourth-order valence-corrected chi connectivity index (χ4v) is 2.60. The number of methoxy groups -OCH3 is 1. The van der Waals surface area contributed by atoms with Crippen LogP contribution in [0.1, 0.15) is 35.6 Å². The van der Waals surface area contributed by atoms with Crippen molar-refractivity contribution in [1.82, 2.24) is 0 Å². The van der Waals surface area contributed by atoms with Crippen molar-refractivity contribution in [3.05, 3.63) is 28.8 Å². The molecule has 94 valence electrons. The molecular formula is C14H21NO2. The maximum atomic E-state index is 6.26. The van der Waals surface area contributed by atoms with Crippen molar-refractivity contribution in [3.8, 4) is 5.75 Å². The summed E-state index contributed by atoms with van der Waals surface area (Å²) < 4.78 is 11.0. The molecule has 1 aromatic rings. The van der Waals surface area contributed by atoms with E-state index in [9.17, 15) is 0 Å². The van der Waals surface area contributed by atoms with E-state index in [4.69, 9.17) is 15.2 Å². The molecule has 3 heteroatoms. The average Bonchev–Trinajstić information content (AvgIpc) is 2.81. The summed E-state index contributed by atoms with van der Waals surface area (Å²) in [4.78, 5) is 0. The first-order valence-corrected chi connectivity index (χ1v) is 6.16. The molecule has 1 saturated heterocycles. The topological polar surface area (TPSA) is 44.5 Å². The second kappa shape index (κ2) is 5.07. The van der Waals surface area contributed by atoms with Crippen LogP contribution in [0.3, 0.4) is 0 Å². The molecule has 1 aromatic carbocycles. The Hall–Kier alpha value is -1.06. The highest BCUT2D eigenvalue weighted by molar-refractivity contribution is 5.44. The minimum absolute atomic E-state index is 0.0270. The third-order valence-electron chi connectivity index (χ3n) is 3.44. The molecule has 0 aliphatic carbocycles. The Morgan fingerprint density at radius 3 is 2.47 bits per heavy atom. The van der Waals surface area contributed by atoms with E-state index in [0.29, 0.717) is 0 Å². The smallest absolute Gasteiger partial charge is 0.124 e. The molecule has 0 aromatic heterocycles. The summed E-state index contributed by atoms with van der Waals surface area (Å²) in [6.45, 7) is 4.95. The van der Waals surface area contributed by atoms with Crippen LogP contribution < -0.4 is 10.5 Å². The van der Waals surface area contributed by atoms with E-state index in [2.05, 4.69) is 26.0 Å². The van der Waals surface area contributed by atoms with Crippen molar-refractivity contribution in [2.75, 3.05) is 13.7 Å². The summed E-state index contributed by atoms with van der Waals surface area (Å²) in [5.74, 6) is 0.952. The number of hydrogen-bond donors (Lipinski definition) is 1. The predicted octanol–water partition coefficient (Wildman–Crippen LogP) is 2.49. The van der Waals surface area contributed by atoms with Crippen LogP contribution >= 0.6 is 0 Å². The van der Waals surface area contributed by atoms with E-state index in [1.54, 1.807) is 7.11 Å². The van der Waals surface area contributed by atoms with Crippen LogP contribution in [0, 0.1) is 13.8 Å². The van der Waals surface area contributed by atoms with Gasteiger partial charge in [-0.15, -0.1) is 0 Å². The minimum Gasteiger partial charge on any atom is -0.496 e. The summed E-state index contributed by atoms with van der Waals surface area (Å²) in [5.41, 5.74) is 9.68. The normalized spacial score (nSPS) is 21.5. The largest absolute Gasteiger partial charge is 0.496 e. The number of hydrogen-bond acceptors (Lipinski definition) is 3. The van der Waals surface area contributed by atoms with Gasteiger partial charge in [-0.05, 0) is 43.4 Å². The van der Waals surface area contributed by atoms with E-state index in [0.717, 1.165) is 41.9 Å². The van der Waals surface area contributed by atoms with Crippen molar-refractivity contribution in [3.63, 3.8) is 0 Å². The van der Waals surface area contributed by atoms with Crippen LogP contribution in [0.25, 0.3) is 0 Å². The van der Waals surface area contributed by atoms with Gasteiger partial charge in [0.1, 0.15) is 5.75 Å². The molecule has 2 N–H and O–H groups in total. The molecule has 17 heavy (non-hydrogen) atoms. The van der Waals surface area contributed by atoms with Crippen LogP contribution in [0.4, 0.5) is 0 Å². The van der Waals surface area contributed by atoms with Crippen molar-refractivity contribution >= 4 is 0 Å². The van der Waals surface area contributed by atoms with E-state index in [-0.39, 0.29) is 12.1 Å². The molecule has 0 saturated carbocycles. The molecule has 2 rings (SSSR count). The van der Waals surface area contributed by atoms with Crippen LogP contribution in [0.5, 0.6) is 5.75 Å². The van der Waals surface area contributed by atoms with Gasteiger partial charge in [-0.25, -0.2) is 0 Å². The predicted molar refractivity (Wildman–Crippen MR) is 68.4 cm³/mol. The monoisotopic (exact) mass is 235 g/mol. The van der Waals surface area contributed by atoms with Crippen molar-refractivity contribution in [2.45, 2.75) is 38.8 Å². The lowest BCUT2D eigenvalue weighted by atomic mass is 9.96. The molecular weight excluding hydrogens is 214 g/mol. The van der Waals surface area contributed by atoms with Gasteiger partial charge in [0.25, 0.3) is 0 Å². The zero-order valence-corrected chi connectivity index (χ0v) is 10.8. The van der Waals surface area contributed by atoms with Crippen LogP contribution in [-0.2, 0) is 4.74 Å². The summed E-state index contributed by atoms with van der Waals surface area (Å²) in [6.07, 6.45) is 2.35. The Morgan fingerprint density at radius 2 is 2.00 bits per heavy atom. The molecule has 0 spiro atoms. The van der Waals surface area contributed by atoms with Gasteiger partial charge in [-0.2, -0.15) is 0 Å². The molecule has 1 aliphatic heterocycles. The molecule has 2 atom stereocenters. The van der Waals surface area contributed by atoms with Gasteiger partial charge in [-0.1, -0.05) is 12.1 Å². The van der Waals surface area contributed by atoms with E-state index in [1.807, 2.05) is 0 Å². The quantitative estimate of drug-likeness (QED) is 0.875. The molecule has 1 heterocycles. The first kappa shape index (κ1) is 12.4. The van der Waals surface area contributed by atoms with Gasteiger partial charge >= 0.3 is 0 Å². The van der Waals surface area contributed by atoms with E-state index < -0.39 is 0 Å². The Labute approximate surface area is 103 Å². The fourth-order valence-electron chi connectivity index (χ4n) is 2.60. The highest BCUT2D eigenvalue weighted by atomic mass is 16.5. The summed E-state index contributed by atoms with van der Waals surface area (Å²) in [6, 6.07) is 4.19. The Kier molecular flexibility index (Phi) is 3.69. The Morgan fingerprint density at radius 1 is 1.35 bits per heavy atom. The zero-order valence-electron chi connectivity index (χ0n) is 10.8. The Balaban J connectivity index is 2.26. The summed E-state index contributed by atoms with van der Waals surface area (Å²) in [5, 5.41) is 0. The van der Waals surface area contributed by atoms with Crippen LogP contribution in [0.15, 0.2) is 12.1 Å². The van der Waals surface area contributed by atoms with Crippen LogP contribution in [0.2, 0.25) is 0 Å². The Bertz CT molecular complexity index is 374. The molecule has 0 bridgehead atoms. The number of ether oxygens (including phenoxy) is 2. The molecule has 0 amide bonds. The average molecular weight is 235 g/mol. The number of nitrogens with two attached hydrogens (primary N) is 1. The van der Waals surface area contributed by atoms with Crippen molar-refractivity contribution in [1.29, 1.82) is 0 Å². The number of aryl methyl sites for hydroxylation is 2.